The highest BCUT2D eigenvalue weighted by Crippen LogP contribution is 2.39. The number of methoxy groups -OCH3 is 2. The number of benzene rings is 1. The summed E-state index contributed by atoms with van der Waals surface area (Å²) in [6.45, 7) is 4.31. The summed E-state index contributed by atoms with van der Waals surface area (Å²) in [7, 11) is 3.55. The molecule has 0 aliphatic carbocycles. The predicted octanol–water partition coefficient (Wildman–Crippen LogP) is 3.13. The second kappa shape index (κ2) is 8.38. The van der Waals surface area contributed by atoms with E-state index in [2.05, 4.69) is 45.1 Å². The topological polar surface area (TPSA) is 37.8 Å². The van der Waals surface area contributed by atoms with Gasteiger partial charge in [0, 0.05) is 38.6 Å². The van der Waals surface area contributed by atoms with Gasteiger partial charge < -0.3 is 9.47 Å². The van der Waals surface area contributed by atoms with Gasteiger partial charge in [0.25, 0.3) is 0 Å². The molecular formula is C22H29N3O2. The van der Waals surface area contributed by atoms with E-state index >= 15 is 0 Å². The molecule has 2 aliphatic rings. The van der Waals surface area contributed by atoms with Crippen LogP contribution in [-0.4, -0.2) is 60.8 Å². The van der Waals surface area contributed by atoms with E-state index in [9.17, 15) is 0 Å². The second-order valence-electron chi connectivity index (χ2n) is 7.56. The number of hydrogen-bond donors (Lipinski definition) is 0. The molecule has 2 aromatic rings. The molecule has 0 N–H and O–H groups in total. The SMILES string of the molecule is COc1cccc(CN2CCC(N3C[C@H](OC)[C@@H]3c3ccncc3)CC2)c1. The van der Waals surface area contributed by atoms with E-state index < -0.39 is 0 Å². The third-order valence-electron chi connectivity index (χ3n) is 6.02. The Morgan fingerprint density at radius 2 is 1.85 bits per heavy atom. The van der Waals surface area contributed by atoms with Gasteiger partial charge in [0.2, 0.25) is 0 Å². The van der Waals surface area contributed by atoms with Crippen molar-refractivity contribution in [2.75, 3.05) is 33.9 Å². The van der Waals surface area contributed by atoms with Crippen LogP contribution in [-0.2, 0) is 11.3 Å². The van der Waals surface area contributed by atoms with Crippen molar-refractivity contribution < 1.29 is 9.47 Å². The molecule has 1 aromatic carbocycles. The first-order valence-corrected chi connectivity index (χ1v) is 9.82. The third-order valence-corrected chi connectivity index (χ3v) is 6.02. The first-order chi connectivity index (χ1) is 13.3. The maximum absolute atomic E-state index is 5.71. The van der Waals surface area contributed by atoms with Crippen molar-refractivity contribution in [2.45, 2.75) is 37.6 Å². The molecule has 5 heteroatoms. The number of rotatable bonds is 6. The van der Waals surface area contributed by atoms with Crippen LogP contribution in [0.1, 0.15) is 30.0 Å². The molecule has 2 atom stereocenters. The number of hydrogen-bond acceptors (Lipinski definition) is 5. The molecule has 1 aromatic heterocycles. The van der Waals surface area contributed by atoms with E-state index in [-0.39, 0.29) is 0 Å². The van der Waals surface area contributed by atoms with Crippen LogP contribution in [0.4, 0.5) is 0 Å². The molecule has 2 saturated heterocycles. The Morgan fingerprint density at radius 3 is 2.56 bits per heavy atom. The quantitative estimate of drug-likeness (QED) is 0.784. The number of aromatic nitrogens is 1. The van der Waals surface area contributed by atoms with E-state index in [1.54, 1.807) is 7.11 Å². The van der Waals surface area contributed by atoms with Crippen molar-refractivity contribution in [3.05, 3.63) is 59.9 Å². The molecule has 2 fully saturated rings. The molecule has 2 aliphatic heterocycles. The monoisotopic (exact) mass is 367 g/mol. The summed E-state index contributed by atoms with van der Waals surface area (Å²) in [6.07, 6.45) is 6.48. The molecular weight excluding hydrogens is 338 g/mol. The zero-order chi connectivity index (χ0) is 18.6. The maximum atomic E-state index is 5.71. The molecule has 27 heavy (non-hydrogen) atoms. The standard InChI is InChI=1S/C22H29N3O2/c1-26-20-5-3-4-17(14-20)15-24-12-8-19(9-13-24)25-16-21(27-2)22(25)18-6-10-23-11-7-18/h3-7,10-11,14,19,21-22H,8-9,12-13,15-16H2,1-2H3/t21-,22-/m0/s1. The van der Waals surface area contributed by atoms with Crippen LogP contribution in [0, 0.1) is 0 Å². The Morgan fingerprint density at radius 1 is 1.07 bits per heavy atom. The largest absolute Gasteiger partial charge is 0.497 e. The summed E-state index contributed by atoms with van der Waals surface area (Å²) in [4.78, 5) is 9.35. The highest BCUT2D eigenvalue weighted by Gasteiger charge is 2.44. The summed E-state index contributed by atoms with van der Waals surface area (Å²) >= 11 is 0. The number of pyridine rings is 1. The summed E-state index contributed by atoms with van der Waals surface area (Å²) in [5, 5.41) is 0. The lowest BCUT2D eigenvalue weighted by Gasteiger charge is -2.53. The first kappa shape index (κ1) is 18.4. The molecule has 4 rings (SSSR count). The van der Waals surface area contributed by atoms with Gasteiger partial charge in [0.05, 0.1) is 19.3 Å². The van der Waals surface area contributed by atoms with Gasteiger partial charge in [-0.15, -0.1) is 0 Å². The Bertz CT molecular complexity index is 731. The van der Waals surface area contributed by atoms with E-state index in [1.165, 1.54) is 24.0 Å². The fraction of sp³-hybridized carbons (Fsp3) is 0.500. The zero-order valence-corrected chi connectivity index (χ0v) is 16.3. The third kappa shape index (κ3) is 4.00. The van der Waals surface area contributed by atoms with Crippen molar-refractivity contribution in [2.24, 2.45) is 0 Å². The first-order valence-electron chi connectivity index (χ1n) is 9.82. The van der Waals surface area contributed by atoms with Gasteiger partial charge in [-0.25, -0.2) is 0 Å². The number of nitrogens with zero attached hydrogens (tertiary/aromatic N) is 3. The van der Waals surface area contributed by atoms with Crippen molar-refractivity contribution in [3.63, 3.8) is 0 Å². The summed E-state index contributed by atoms with van der Waals surface area (Å²) in [5.74, 6) is 0.939. The van der Waals surface area contributed by atoms with Gasteiger partial charge in [0.1, 0.15) is 5.75 Å². The van der Waals surface area contributed by atoms with E-state index in [1.807, 2.05) is 25.6 Å². The van der Waals surface area contributed by atoms with Crippen LogP contribution >= 0.6 is 0 Å². The van der Waals surface area contributed by atoms with Crippen LogP contribution in [0.2, 0.25) is 0 Å². The van der Waals surface area contributed by atoms with Gasteiger partial charge in [-0.05, 0) is 61.3 Å². The molecule has 144 valence electrons. The van der Waals surface area contributed by atoms with Crippen LogP contribution in [0.5, 0.6) is 5.75 Å². The lowest BCUT2D eigenvalue weighted by molar-refractivity contribution is -0.116. The number of piperidine rings is 1. The Labute approximate surface area is 161 Å². The molecule has 0 saturated carbocycles. The minimum Gasteiger partial charge on any atom is -0.497 e. The number of likely N-dealkylation sites (tertiary alicyclic amines) is 2. The molecule has 0 spiro atoms. The van der Waals surface area contributed by atoms with Crippen molar-refractivity contribution >= 4 is 0 Å². The van der Waals surface area contributed by atoms with Crippen LogP contribution in [0.3, 0.4) is 0 Å². The van der Waals surface area contributed by atoms with E-state index in [0.29, 0.717) is 18.2 Å². The van der Waals surface area contributed by atoms with Crippen LogP contribution < -0.4 is 4.74 Å². The summed E-state index contributed by atoms with van der Waals surface area (Å²) in [5.41, 5.74) is 2.65. The molecule has 3 heterocycles. The molecule has 5 nitrogen and oxygen atoms in total. The Kier molecular flexibility index (Phi) is 5.72. The van der Waals surface area contributed by atoms with Crippen molar-refractivity contribution in [1.29, 1.82) is 0 Å². The Hall–Kier alpha value is -1.95. The normalized spacial score (nSPS) is 24.5. The highest BCUT2D eigenvalue weighted by atomic mass is 16.5. The van der Waals surface area contributed by atoms with Gasteiger partial charge in [-0.1, -0.05) is 12.1 Å². The van der Waals surface area contributed by atoms with E-state index in [4.69, 9.17) is 9.47 Å². The van der Waals surface area contributed by atoms with Crippen molar-refractivity contribution in [3.8, 4) is 5.75 Å². The molecule has 0 bridgehead atoms. The van der Waals surface area contributed by atoms with Gasteiger partial charge in [-0.3, -0.25) is 14.8 Å². The van der Waals surface area contributed by atoms with Gasteiger partial charge in [-0.2, -0.15) is 0 Å². The minimum absolute atomic E-state index is 0.294. The second-order valence-corrected chi connectivity index (χ2v) is 7.56. The van der Waals surface area contributed by atoms with Gasteiger partial charge >= 0.3 is 0 Å². The lowest BCUT2D eigenvalue weighted by atomic mass is 9.87. The predicted molar refractivity (Wildman–Crippen MR) is 106 cm³/mol. The fourth-order valence-corrected chi connectivity index (χ4v) is 4.48. The van der Waals surface area contributed by atoms with E-state index in [0.717, 1.165) is 31.9 Å². The molecule has 0 radical (unpaired) electrons. The number of ether oxygens (including phenoxy) is 2. The summed E-state index contributed by atoms with van der Waals surface area (Å²) < 4.78 is 11.1. The summed E-state index contributed by atoms with van der Waals surface area (Å²) in [6, 6.07) is 13.7. The fourth-order valence-electron chi connectivity index (χ4n) is 4.48. The average Bonchev–Trinajstić information content (AvgIpc) is 2.70. The van der Waals surface area contributed by atoms with Crippen LogP contribution in [0.15, 0.2) is 48.8 Å². The smallest absolute Gasteiger partial charge is 0.119 e. The zero-order valence-electron chi connectivity index (χ0n) is 16.3. The minimum atomic E-state index is 0.294. The highest BCUT2D eigenvalue weighted by molar-refractivity contribution is 5.28. The van der Waals surface area contributed by atoms with Crippen LogP contribution in [0.25, 0.3) is 0 Å². The molecule has 0 amide bonds. The van der Waals surface area contributed by atoms with Gasteiger partial charge in [0.15, 0.2) is 0 Å². The maximum Gasteiger partial charge on any atom is 0.119 e. The Balaban J connectivity index is 1.35. The molecule has 0 unspecified atom stereocenters. The average molecular weight is 367 g/mol. The lowest BCUT2D eigenvalue weighted by Crippen LogP contribution is -2.60. The van der Waals surface area contributed by atoms with Crippen molar-refractivity contribution in [1.82, 2.24) is 14.8 Å².